The van der Waals surface area contributed by atoms with Crippen molar-refractivity contribution < 1.29 is 10.2 Å². The second-order valence-electron chi connectivity index (χ2n) is 4.72. The molecule has 0 spiro atoms. The molecule has 0 saturated carbocycles. The standard InChI is InChI=1S/C12H27NO2/c1-4-6-12(3,11-15)10-13(7-5-2)8-9-14/h14-15H,4-11H2,1-3H3. The van der Waals surface area contributed by atoms with Crippen molar-refractivity contribution in [3.8, 4) is 0 Å². The second-order valence-corrected chi connectivity index (χ2v) is 4.72. The summed E-state index contributed by atoms with van der Waals surface area (Å²) < 4.78 is 0. The van der Waals surface area contributed by atoms with Gasteiger partial charge in [0.15, 0.2) is 0 Å². The molecule has 0 heterocycles. The lowest BCUT2D eigenvalue weighted by Crippen LogP contribution is -2.40. The lowest BCUT2D eigenvalue weighted by Gasteiger charge is -2.33. The summed E-state index contributed by atoms with van der Waals surface area (Å²) in [5.74, 6) is 0. The van der Waals surface area contributed by atoms with Crippen molar-refractivity contribution in [3.05, 3.63) is 0 Å². The first-order chi connectivity index (χ1) is 7.11. The van der Waals surface area contributed by atoms with E-state index in [2.05, 4.69) is 25.7 Å². The predicted molar refractivity (Wildman–Crippen MR) is 63.9 cm³/mol. The average molecular weight is 217 g/mol. The zero-order valence-electron chi connectivity index (χ0n) is 10.5. The fourth-order valence-electron chi connectivity index (χ4n) is 2.08. The quantitative estimate of drug-likeness (QED) is 0.615. The van der Waals surface area contributed by atoms with Gasteiger partial charge < -0.3 is 15.1 Å². The maximum Gasteiger partial charge on any atom is 0.0558 e. The molecule has 0 aromatic carbocycles. The zero-order valence-corrected chi connectivity index (χ0v) is 10.5. The summed E-state index contributed by atoms with van der Waals surface area (Å²) in [6.07, 6.45) is 3.22. The van der Waals surface area contributed by atoms with Crippen LogP contribution in [-0.2, 0) is 0 Å². The van der Waals surface area contributed by atoms with Gasteiger partial charge in [0.2, 0.25) is 0 Å². The van der Waals surface area contributed by atoms with E-state index in [1.807, 2.05) is 0 Å². The molecule has 1 atom stereocenters. The van der Waals surface area contributed by atoms with Gasteiger partial charge >= 0.3 is 0 Å². The molecule has 1 unspecified atom stereocenters. The van der Waals surface area contributed by atoms with Gasteiger partial charge in [-0.05, 0) is 19.4 Å². The van der Waals surface area contributed by atoms with Gasteiger partial charge in [-0.3, -0.25) is 0 Å². The minimum atomic E-state index is -0.0148. The minimum absolute atomic E-state index is 0.0148. The smallest absolute Gasteiger partial charge is 0.0558 e. The van der Waals surface area contributed by atoms with Crippen LogP contribution in [0.2, 0.25) is 0 Å². The van der Waals surface area contributed by atoms with E-state index in [1.165, 1.54) is 0 Å². The third-order valence-electron chi connectivity index (χ3n) is 2.80. The molecule has 0 saturated heterocycles. The molecule has 0 aliphatic carbocycles. The molecule has 92 valence electrons. The molecule has 0 radical (unpaired) electrons. The maximum atomic E-state index is 9.41. The van der Waals surface area contributed by atoms with Crippen molar-refractivity contribution in [2.45, 2.75) is 40.0 Å². The molecular weight excluding hydrogens is 190 g/mol. The van der Waals surface area contributed by atoms with Crippen LogP contribution in [0.5, 0.6) is 0 Å². The first kappa shape index (κ1) is 14.9. The van der Waals surface area contributed by atoms with Crippen LogP contribution in [0.3, 0.4) is 0 Å². The summed E-state index contributed by atoms with van der Waals surface area (Å²) in [6.45, 7) is 9.43. The summed E-state index contributed by atoms with van der Waals surface area (Å²) in [7, 11) is 0. The Labute approximate surface area is 94.1 Å². The van der Waals surface area contributed by atoms with Gasteiger partial charge in [0, 0.05) is 25.1 Å². The van der Waals surface area contributed by atoms with E-state index in [1.54, 1.807) is 0 Å². The average Bonchev–Trinajstić information content (AvgIpc) is 2.19. The molecule has 0 amide bonds. The Kier molecular flexibility index (Phi) is 8.02. The number of rotatable bonds is 9. The van der Waals surface area contributed by atoms with Crippen molar-refractivity contribution in [1.82, 2.24) is 4.90 Å². The number of nitrogens with zero attached hydrogens (tertiary/aromatic N) is 1. The SMILES string of the molecule is CCCN(CCO)CC(C)(CO)CCC. The van der Waals surface area contributed by atoms with Crippen LogP contribution < -0.4 is 0 Å². The molecule has 0 aromatic heterocycles. The van der Waals surface area contributed by atoms with Crippen molar-refractivity contribution in [2.24, 2.45) is 5.41 Å². The highest BCUT2D eigenvalue weighted by Crippen LogP contribution is 2.23. The predicted octanol–water partition coefficient (Wildman–Crippen LogP) is 1.49. The number of aliphatic hydroxyl groups excluding tert-OH is 2. The Bertz CT molecular complexity index is 147. The summed E-state index contributed by atoms with van der Waals surface area (Å²) in [5, 5.41) is 18.4. The Morgan fingerprint density at radius 2 is 1.73 bits per heavy atom. The van der Waals surface area contributed by atoms with Crippen LogP contribution in [0.1, 0.15) is 40.0 Å². The minimum Gasteiger partial charge on any atom is -0.396 e. The lowest BCUT2D eigenvalue weighted by molar-refractivity contribution is 0.0709. The number of hydrogen-bond donors (Lipinski definition) is 2. The molecule has 0 aliphatic rings. The third kappa shape index (κ3) is 6.13. The Morgan fingerprint density at radius 3 is 2.13 bits per heavy atom. The van der Waals surface area contributed by atoms with Crippen LogP contribution >= 0.6 is 0 Å². The van der Waals surface area contributed by atoms with Crippen molar-refractivity contribution in [3.63, 3.8) is 0 Å². The number of hydrogen-bond acceptors (Lipinski definition) is 3. The monoisotopic (exact) mass is 217 g/mol. The van der Waals surface area contributed by atoms with Crippen LogP contribution in [-0.4, -0.2) is 48.0 Å². The lowest BCUT2D eigenvalue weighted by atomic mass is 9.86. The third-order valence-corrected chi connectivity index (χ3v) is 2.80. The highest BCUT2D eigenvalue weighted by atomic mass is 16.3. The van der Waals surface area contributed by atoms with Gasteiger partial charge in [-0.1, -0.05) is 27.2 Å². The van der Waals surface area contributed by atoms with Crippen LogP contribution in [0.4, 0.5) is 0 Å². The summed E-state index contributed by atoms with van der Waals surface area (Å²) in [4.78, 5) is 2.24. The van der Waals surface area contributed by atoms with E-state index in [0.29, 0.717) is 6.54 Å². The van der Waals surface area contributed by atoms with Crippen molar-refractivity contribution in [1.29, 1.82) is 0 Å². The number of aliphatic hydroxyl groups is 2. The Hall–Kier alpha value is -0.120. The molecule has 15 heavy (non-hydrogen) atoms. The van der Waals surface area contributed by atoms with E-state index in [9.17, 15) is 5.11 Å². The normalized spacial score (nSPS) is 15.6. The topological polar surface area (TPSA) is 43.7 Å². The summed E-state index contributed by atoms with van der Waals surface area (Å²) in [5.41, 5.74) is -0.0148. The Morgan fingerprint density at radius 1 is 1.07 bits per heavy atom. The largest absolute Gasteiger partial charge is 0.396 e. The molecule has 3 nitrogen and oxygen atoms in total. The van der Waals surface area contributed by atoms with E-state index < -0.39 is 0 Å². The molecule has 2 N–H and O–H groups in total. The van der Waals surface area contributed by atoms with Gasteiger partial charge in [0.05, 0.1) is 6.61 Å². The van der Waals surface area contributed by atoms with Gasteiger partial charge in [-0.25, -0.2) is 0 Å². The summed E-state index contributed by atoms with van der Waals surface area (Å²) >= 11 is 0. The molecule has 0 aromatic rings. The fourth-order valence-corrected chi connectivity index (χ4v) is 2.08. The fraction of sp³-hybridized carbons (Fsp3) is 1.00. The zero-order chi connectivity index (χ0) is 11.7. The van der Waals surface area contributed by atoms with Crippen LogP contribution in [0, 0.1) is 5.41 Å². The molecular formula is C12H27NO2. The van der Waals surface area contributed by atoms with Crippen LogP contribution in [0.25, 0.3) is 0 Å². The van der Waals surface area contributed by atoms with Gasteiger partial charge in [0.25, 0.3) is 0 Å². The second kappa shape index (κ2) is 8.08. The summed E-state index contributed by atoms with van der Waals surface area (Å²) in [6, 6.07) is 0. The van der Waals surface area contributed by atoms with Gasteiger partial charge in [-0.15, -0.1) is 0 Å². The van der Waals surface area contributed by atoms with Crippen molar-refractivity contribution in [2.75, 3.05) is 32.8 Å². The molecule has 0 fully saturated rings. The van der Waals surface area contributed by atoms with Crippen LogP contribution in [0.15, 0.2) is 0 Å². The van der Waals surface area contributed by atoms with Gasteiger partial charge in [-0.2, -0.15) is 0 Å². The molecule has 3 heteroatoms. The van der Waals surface area contributed by atoms with E-state index in [0.717, 1.165) is 32.4 Å². The van der Waals surface area contributed by atoms with Crippen molar-refractivity contribution >= 4 is 0 Å². The first-order valence-corrected chi connectivity index (χ1v) is 6.06. The first-order valence-electron chi connectivity index (χ1n) is 6.06. The Balaban J connectivity index is 4.19. The van der Waals surface area contributed by atoms with E-state index >= 15 is 0 Å². The molecule has 0 rings (SSSR count). The van der Waals surface area contributed by atoms with Gasteiger partial charge in [0.1, 0.15) is 0 Å². The highest BCUT2D eigenvalue weighted by Gasteiger charge is 2.24. The van der Waals surface area contributed by atoms with E-state index in [-0.39, 0.29) is 18.6 Å². The maximum absolute atomic E-state index is 9.41. The molecule has 0 aliphatic heterocycles. The highest BCUT2D eigenvalue weighted by molar-refractivity contribution is 4.77. The van der Waals surface area contributed by atoms with E-state index in [4.69, 9.17) is 5.11 Å². The molecule has 0 bridgehead atoms.